The van der Waals surface area contributed by atoms with Gasteiger partial charge in [-0.15, -0.1) is 11.6 Å². The molecule has 1 aromatic rings. The Hall–Kier alpha value is -0.790. The van der Waals surface area contributed by atoms with Crippen molar-refractivity contribution in [1.29, 1.82) is 0 Å². The molecule has 0 amide bonds. The molecule has 0 heterocycles. The number of halogens is 2. The molecule has 1 nitrogen and oxygen atoms in total. The highest BCUT2D eigenvalue weighted by atomic mass is 35.5. The molecular formula is C11H10Cl2O. The van der Waals surface area contributed by atoms with Gasteiger partial charge in [0.1, 0.15) is 6.29 Å². The summed E-state index contributed by atoms with van der Waals surface area (Å²) in [6, 6.07) is 5.20. The van der Waals surface area contributed by atoms with Crippen molar-refractivity contribution < 1.29 is 4.79 Å². The quantitative estimate of drug-likeness (QED) is 0.567. The van der Waals surface area contributed by atoms with E-state index in [-0.39, 0.29) is 0 Å². The van der Waals surface area contributed by atoms with Crippen LogP contribution in [0.1, 0.15) is 22.3 Å². The zero-order chi connectivity index (χ0) is 10.4. The Bertz CT molecular complexity index is 345. The van der Waals surface area contributed by atoms with E-state index in [4.69, 9.17) is 23.2 Å². The Morgan fingerprint density at radius 2 is 2.14 bits per heavy atom. The van der Waals surface area contributed by atoms with E-state index in [1.165, 1.54) is 0 Å². The Morgan fingerprint density at radius 3 is 2.71 bits per heavy atom. The average molecular weight is 229 g/mol. The van der Waals surface area contributed by atoms with E-state index >= 15 is 0 Å². The van der Waals surface area contributed by atoms with Crippen molar-refractivity contribution in [1.82, 2.24) is 0 Å². The molecule has 0 fully saturated rings. The normalized spacial score (nSPS) is 10.7. The molecule has 0 radical (unpaired) electrons. The van der Waals surface area contributed by atoms with Gasteiger partial charge < -0.3 is 0 Å². The zero-order valence-electron chi connectivity index (χ0n) is 7.54. The van der Waals surface area contributed by atoms with Gasteiger partial charge in [0.15, 0.2) is 0 Å². The summed E-state index contributed by atoms with van der Waals surface area (Å²) >= 11 is 11.5. The number of rotatable bonds is 4. The molecule has 0 saturated heterocycles. The first-order valence-corrected chi connectivity index (χ1v) is 5.16. The summed E-state index contributed by atoms with van der Waals surface area (Å²) in [5.74, 6) is 0.598. The lowest BCUT2D eigenvalue weighted by Crippen LogP contribution is -1.81. The van der Waals surface area contributed by atoms with E-state index in [2.05, 4.69) is 0 Å². The third-order valence-corrected chi connectivity index (χ3v) is 2.28. The van der Waals surface area contributed by atoms with Crippen LogP contribution < -0.4 is 0 Å². The Morgan fingerprint density at radius 1 is 1.36 bits per heavy atom. The number of alkyl halides is 1. The van der Waals surface area contributed by atoms with Gasteiger partial charge in [-0.25, -0.2) is 0 Å². The van der Waals surface area contributed by atoms with Gasteiger partial charge in [-0.1, -0.05) is 35.9 Å². The Labute approximate surface area is 93.3 Å². The lowest BCUT2D eigenvalue weighted by atomic mass is 10.1. The van der Waals surface area contributed by atoms with Gasteiger partial charge in [-0.3, -0.25) is 4.79 Å². The van der Waals surface area contributed by atoms with Crippen LogP contribution in [0.2, 0.25) is 5.02 Å². The van der Waals surface area contributed by atoms with Gasteiger partial charge in [-0.05, 0) is 18.1 Å². The molecular weight excluding hydrogens is 219 g/mol. The van der Waals surface area contributed by atoms with Crippen LogP contribution in [0.25, 0.3) is 6.08 Å². The smallest absolute Gasteiger partial charge is 0.150 e. The highest BCUT2D eigenvalue weighted by molar-refractivity contribution is 6.32. The molecule has 0 aromatic heterocycles. The van der Waals surface area contributed by atoms with E-state index in [1.54, 1.807) is 12.1 Å². The van der Waals surface area contributed by atoms with E-state index in [0.717, 1.165) is 18.3 Å². The summed E-state index contributed by atoms with van der Waals surface area (Å²) in [5.41, 5.74) is 1.49. The van der Waals surface area contributed by atoms with Crippen LogP contribution in [-0.2, 0) is 0 Å². The molecule has 0 spiro atoms. The molecule has 1 aromatic carbocycles. The first-order valence-electron chi connectivity index (χ1n) is 4.25. The molecule has 0 aliphatic carbocycles. The van der Waals surface area contributed by atoms with Crippen molar-refractivity contribution in [3.63, 3.8) is 0 Å². The van der Waals surface area contributed by atoms with Crippen molar-refractivity contribution in [3.8, 4) is 0 Å². The van der Waals surface area contributed by atoms with E-state index in [1.807, 2.05) is 18.2 Å². The second-order valence-corrected chi connectivity index (χ2v) is 3.56. The number of aldehydes is 1. The lowest BCUT2D eigenvalue weighted by molar-refractivity contribution is 0.112. The maximum absolute atomic E-state index is 10.4. The maximum atomic E-state index is 10.4. The molecule has 0 unspecified atom stereocenters. The number of hydrogen-bond donors (Lipinski definition) is 0. The molecule has 0 N–H and O–H groups in total. The first-order chi connectivity index (χ1) is 6.77. The maximum Gasteiger partial charge on any atom is 0.150 e. The van der Waals surface area contributed by atoms with Crippen LogP contribution >= 0.6 is 23.2 Å². The van der Waals surface area contributed by atoms with Crippen LogP contribution in [0.15, 0.2) is 24.3 Å². The lowest BCUT2D eigenvalue weighted by Gasteiger charge is -1.98. The minimum absolute atomic E-state index is 0.584. The molecule has 1 rings (SSSR count). The van der Waals surface area contributed by atoms with Crippen LogP contribution in [0, 0.1) is 0 Å². The highest BCUT2D eigenvalue weighted by Crippen LogP contribution is 2.18. The zero-order valence-corrected chi connectivity index (χ0v) is 9.05. The molecule has 0 aliphatic rings. The van der Waals surface area contributed by atoms with Crippen molar-refractivity contribution in [2.45, 2.75) is 6.42 Å². The molecule has 14 heavy (non-hydrogen) atoms. The fourth-order valence-electron chi connectivity index (χ4n) is 1.03. The Kier molecular flexibility index (Phi) is 4.71. The topological polar surface area (TPSA) is 17.1 Å². The standard InChI is InChI=1S/C11H10Cl2O/c12-6-2-1-3-10-5-4-9(8-14)7-11(10)13/h1,3-5,7-8H,2,6H2. The summed E-state index contributed by atoms with van der Waals surface area (Å²) in [7, 11) is 0. The summed E-state index contributed by atoms with van der Waals surface area (Å²) in [4.78, 5) is 10.4. The van der Waals surface area contributed by atoms with E-state index in [9.17, 15) is 4.79 Å². The van der Waals surface area contributed by atoms with Gasteiger partial charge in [0.2, 0.25) is 0 Å². The Balaban J connectivity index is 2.83. The summed E-state index contributed by atoms with van der Waals surface area (Å²) in [6.07, 6.45) is 5.44. The summed E-state index contributed by atoms with van der Waals surface area (Å²) in [5, 5.41) is 0.584. The first kappa shape index (κ1) is 11.3. The minimum Gasteiger partial charge on any atom is -0.298 e. The third kappa shape index (κ3) is 3.17. The van der Waals surface area contributed by atoms with Crippen LogP contribution in [-0.4, -0.2) is 12.2 Å². The van der Waals surface area contributed by atoms with Crippen LogP contribution in [0.4, 0.5) is 0 Å². The fourth-order valence-corrected chi connectivity index (χ4v) is 1.40. The van der Waals surface area contributed by atoms with E-state index in [0.29, 0.717) is 16.5 Å². The fraction of sp³-hybridized carbons (Fsp3) is 0.182. The largest absolute Gasteiger partial charge is 0.298 e. The molecule has 0 aliphatic heterocycles. The number of allylic oxidation sites excluding steroid dienone is 1. The monoisotopic (exact) mass is 228 g/mol. The SMILES string of the molecule is O=Cc1ccc(C=CCCCl)c(Cl)c1. The van der Waals surface area contributed by atoms with Gasteiger partial charge >= 0.3 is 0 Å². The number of benzene rings is 1. The highest BCUT2D eigenvalue weighted by Gasteiger charge is 1.97. The molecule has 0 saturated carbocycles. The van der Waals surface area contributed by atoms with Crippen molar-refractivity contribution in [2.75, 3.05) is 5.88 Å². The van der Waals surface area contributed by atoms with Crippen LogP contribution in [0.5, 0.6) is 0 Å². The van der Waals surface area contributed by atoms with Crippen molar-refractivity contribution in [3.05, 3.63) is 40.4 Å². The van der Waals surface area contributed by atoms with Gasteiger partial charge in [0.05, 0.1) is 0 Å². The van der Waals surface area contributed by atoms with Gasteiger partial charge in [0.25, 0.3) is 0 Å². The summed E-state index contributed by atoms with van der Waals surface area (Å²) < 4.78 is 0. The number of carbonyl (C=O) groups excluding carboxylic acids is 1. The van der Waals surface area contributed by atoms with Crippen molar-refractivity contribution in [2.24, 2.45) is 0 Å². The predicted molar refractivity (Wildman–Crippen MR) is 61.2 cm³/mol. The van der Waals surface area contributed by atoms with Gasteiger partial charge in [0, 0.05) is 16.5 Å². The van der Waals surface area contributed by atoms with E-state index < -0.39 is 0 Å². The van der Waals surface area contributed by atoms with Crippen molar-refractivity contribution >= 4 is 35.6 Å². The predicted octanol–water partition coefficient (Wildman–Crippen LogP) is 3.79. The molecule has 0 atom stereocenters. The second-order valence-electron chi connectivity index (χ2n) is 2.78. The third-order valence-electron chi connectivity index (χ3n) is 1.73. The van der Waals surface area contributed by atoms with Crippen LogP contribution in [0.3, 0.4) is 0 Å². The molecule has 0 bridgehead atoms. The number of hydrogen-bond acceptors (Lipinski definition) is 1. The average Bonchev–Trinajstić information content (AvgIpc) is 2.20. The minimum atomic E-state index is 0.584. The van der Waals surface area contributed by atoms with Gasteiger partial charge in [-0.2, -0.15) is 0 Å². The summed E-state index contributed by atoms with van der Waals surface area (Å²) in [6.45, 7) is 0. The molecule has 74 valence electrons. The second kappa shape index (κ2) is 5.84. The molecule has 3 heteroatoms. The number of carbonyl (C=O) groups is 1.